The number of thiophene rings is 1. The molecular formula is C12H13NOS. The van der Waals surface area contributed by atoms with E-state index in [1.807, 2.05) is 18.2 Å². The summed E-state index contributed by atoms with van der Waals surface area (Å²) in [4.78, 5) is 0. The van der Waals surface area contributed by atoms with Crippen LogP contribution in [0.15, 0.2) is 45.7 Å². The van der Waals surface area contributed by atoms with Gasteiger partial charge in [-0.05, 0) is 40.6 Å². The first-order chi connectivity index (χ1) is 7.45. The van der Waals surface area contributed by atoms with E-state index in [1.165, 1.54) is 5.56 Å². The molecule has 2 aromatic heterocycles. The van der Waals surface area contributed by atoms with Gasteiger partial charge in [0.25, 0.3) is 0 Å². The Morgan fingerprint density at radius 1 is 1.40 bits per heavy atom. The Morgan fingerprint density at radius 2 is 2.40 bits per heavy atom. The molecule has 2 aromatic rings. The lowest BCUT2D eigenvalue weighted by Crippen LogP contribution is -2.11. The van der Waals surface area contributed by atoms with E-state index in [4.69, 9.17) is 4.42 Å². The van der Waals surface area contributed by atoms with Crippen molar-refractivity contribution >= 4 is 17.4 Å². The summed E-state index contributed by atoms with van der Waals surface area (Å²) in [6, 6.07) is 5.96. The van der Waals surface area contributed by atoms with Gasteiger partial charge in [-0.1, -0.05) is 6.08 Å². The quantitative estimate of drug-likeness (QED) is 0.781. The molecule has 0 atom stereocenters. The average molecular weight is 219 g/mol. The molecule has 0 radical (unpaired) electrons. The van der Waals surface area contributed by atoms with Crippen molar-refractivity contribution in [3.05, 3.63) is 52.6 Å². The van der Waals surface area contributed by atoms with E-state index in [0.29, 0.717) is 0 Å². The predicted molar refractivity (Wildman–Crippen MR) is 63.8 cm³/mol. The maximum Gasteiger partial charge on any atom is 0.126 e. The number of hydrogen-bond acceptors (Lipinski definition) is 3. The van der Waals surface area contributed by atoms with Gasteiger partial charge in [-0.2, -0.15) is 11.3 Å². The van der Waals surface area contributed by atoms with Gasteiger partial charge in [0, 0.05) is 13.1 Å². The minimum Gasteiger partial charge on any atom is -0.465 e. The van der Waals surface area contributed by atoms with Crippen LogP contribution in [0.3, 0.4) is 0 Å². The van der Waals surface area contributed by atoms with E-state index < -0.39 is 0 Å². The lowest BCUT2D eigenvalue weighted by atomic mass is 10.3. The van der Waals surface area contributed by atoms with Crippen LogP contribution in [0.1, 0.15) is 11.3 Å². The van der Waals surface area contributed by atoms with Crippen molar-refractivity contribution in [2.75, 3.05) is 6.54 Å². The van der Waals surface area contributed by atoms with Crippen LogP contribution in [0.2, 0.25) is 0 Å². The van der Waals surface area contributed by atoms with Gasteiger partial charge in [0.2, 0.25) is 0 Å². The fraction of sp³-hybridized carbons (Fsp3) is 0.167. The molecule has 3 heteroatoms. The second kappa shape index (κ2) is 5.53. The molecule has 2 rings (SSSR count). The second-order valence-electron chi connectivity index (χ2n) is 3.18. The third kappa shape index (κ3) is 3.38. The van der Waals surface area contributed by atoms with E-state index in [-0.39, 0.29) is 0 Å². The zero-order valence-electron chi connectivity index (χ0n) is 8.35. The topological polar surface area (TPSA) is 25.2 Å². The molecule has 15 heavy (non-hydrogen) atoms. The highest BCUT2D eigenvalue weighted by Gasteiger charge is 1.90. The second-order valence-corrected chi connectivity index (χ2v) is 3.96. The van der Waals surface area contributed by atoms with Crippen LogP contribution in [0.5, 0.6) is 0 Å². The van der Waals surface area contributed by atoms with Crippen molar-refractivity contribution in [1.82, 2.24) is 5.32 Å². The molecule has 1 N–H and O–H groups in total. The number of rotatable bonds is 5. The van der Waals surface area contributed by atoms with Gasteiger partial charge < -0.3 is 9.73 Å². The third-order valence-corrected chi connectivity index (χ3v) is 2.73. The number of nitrogens with one attached hydrogen (secondary N) is 1. The van der Waals surface area contributed by atoms with E-state index in [0.717, 1.165) is 18.8 Å². The minimum atomic E-state index is 0.858. The zero-order chi connectivity index (χ0) is 10.3. The first-order valence-electron chi connectivity index (χ1n) is 4.87. The van der Waals surface area contributed by atoms with Crippen LogP contribution in [0, 0.1) is 0 Å². The molecule has 0 aromatic carbocycles. The molecule has 0 bridgehead atoms. The lowest BCUT2D eigenvalue weighted by Gasteiger charge is -1.97. The molecule has 2 nitrogen and oxygen atoms in total. The van der Waals surface area contributed by atoms with E-state index in [1.54, 1.807) is 17.6 Å². The standard InChI is InChI=1S/C12H13NOS/c1(3-12-4-2-7-14-12)6-13-9-11-5-8-15-10-11/h1-5,7-8,10,13H,6,9H2/b3-1+. The van der Waals surface area contributed by atoms with Crippen LogP contribution in [0.4, 0.5) is 0 Å². The minimum absolute atomic E-state index is 0.858. The first kappa shape index (κ1) is 10.2. The summed E-state index contributed by atoms with van der Waals surface area (Å²) in [7, 11) is 0. The summed E-state index contributed by atoms with van der Waals surface area (Å²) < 4.78 is 5.17. The maximum absolute atomic E-state index is 5.17. The van der Waals surface area contributed by atoms with Gasteiger partial charge >= 0.3 is 0 Å². The highest BCUT2D eigenvalue weighted by atomic mass is 32.1. The normalized spacial score (nSPS) is 11.2. The van der Waals surface area contributed by atoms with Gasteiger partial charge in [0.1, 0.15) is 5.76 Å². The molecule has 0 aliphatic rings. The molecule has 0 amide bonds. The van der Waals surface area contributed by atoms with Crippen molar-refractivity contribution in [3.63, 3.8) is 0 Å². The fourth-order valence-corrected chi connectivity index (χ4v) is 1.92. The van der Waals surface area contributed by atoms with Crippen molar-refractivity contribution in [1.29, 1.82) is 0 Å². The largest absolute Gasteiger partial charge is 0.465 e. The molecule has 0 saturated carbocycles. The molecule has 78 valence electrons. The van der Waals surface area contributed by atoms with Crippen LogP contribution in [-0.2, 0) is 6.54 Å². The Hall–Kier alpha value is -1.32. The Kier molecular flexibility index (Phi) is 3.77. The van der Waals surface area contributed by atoms with Crippen LogP contribution < -0.4 is 5.32 Å². The molecule has 0 aliphatic heterocycles. The maximum atomic E-state index is 5.17. The average Bonchev–Trinajstić information content (AvgIpc) is 2.88. The van der Waals surface area contributed by atoms with Crippen LogP contribution in [-0.4, -0.2) is 6.54 Å². The number of hydrogen-bond donors (Lipinski definition) is 1. The van der Waals surface area contributed by atoms with E-state index in [2.05, 4.69) is 28.2 Å². The molecule has 0 unspecified atom stereocenters. The van der Waals surface area contributed by atoms with Crippen LogP contribution in [0.25, 0.3) is 6.08 Å². The smallest absolute Gasteiger partial charge is 0.126 e. The number of furan rings is 1. The summed E-state index contributed by atoms with van der Waals surface area (Å²) in [5, 5.41) is 7.58. The van der Waals surface area contributed by atoms with Crippen LogP contribution >= 0.6 is 11.3 Å². The van der Waals surface area contributed by atoms with Gasteiger partial charge in [-0.25, -0.2) is 0 Å². The van der Waals surface area contributed by atoms with Gasteiger partial charge in [0.15, 0.2) is 0 Å². The highest BCUT2D eigenvalue weighted by Crippen LogP contribution is 2.05. The molecule has 0 saturated heterocycles. The highest BCUT2D eigenvalue weighted by molar-refractivity contribution is 7.07. The monoisotopic (exact) mass is 219 g/mol. The summed E-state index contributed by atoms with van der Waals surface area (Å²) >= 11 is 1.73. The Morgan fingerprint density at radius 3 is 3.13 bits per heavy atom. The summed E-state index contributed by atoms with van der Waals surface area (Å²) in [5.41, 5.74) is 1.34. The molecule has 0 fully saturated rings. The Labute approximate surface area is 93.2 Å². The molecular weight excluding hydrogens is 206 g/mol. The van der Waals surface area contributed by atoms with Gasteiger partial charge in [-0.15, -0.1) is 0 Å². The molecule has 0 aliphatic carbocycles. The van der Waals surface area contributed by atoms with E-state index >= 15 is 0 Å². The van der Waals surface area contributed by atoms with Crippen molar-refractivity contribution in [3.8, 4) is 0 Å². The summed E-state index contributed by atoms with van der Waals surface area (Å²) in [6.07, 6.45) is 5.71. The van der Waals surface area contributed by atoms with E-state index in [9.17, 15) is 0 Å². The first-order valence-corrected chi connectivity index (χ1v) is 5.81. The lowest BCUT2D eigenvalue weighted by molar-refractivity contribution is 0.556. The third-order valence-electron chi connectivity index (χ3n) is 2.00. The summed E-state index contributed by atoms with van der Waals surface area (Å²) in [5.74, 6) is 0.896. The van der Waals surface area contributed by atoms with Crippen molar-refractivity contribution < 1.29 is 4.42 Å². The zero-order valence-corrected chi connectivity index (χ0v) is 9.17. The van der Waals surface area contributed by atoms with Crippen molar-refractivity contribution in [2.45, 2.75) is 6.54 Å². The molecule has 2 heterocycles. The summed E-state index contributed by atoms with van der Waals surface area (Å²) in [6.45, 7) is 1.78. The van der Waals surface area contributed by atoms with Gasteiger partial charge in [-0.3, -0.25) is 0 Å². The van der Waals surface area contributed by atoms with Gasteiger partial charge in [0.05, 0.1) is 6.26 Å². The Bertz CT molecular complexity index is 389. The fourth-order valence-electron chi connectivity index (χ4n) is 1.25. The molecule has 0 spiro atoms. The predicted octanol–water partition coefficient (Wildman–Crippen LogP) is 3.14. The SMILES string of the molecule is C(=C\c1ccco1)/CNCc1ccsc1. The Balaban J connectivity index is 1.67. The van der Waals surface area contributed by atoms with Crippen molar-refractivity contribution in [2.24, 2.45) is 0 Å².